The van der Waals surface area contributed by atoms with E-state index in [4.69, 9.17) is 16.3 Å². The Labute approximate surface area is 195 Å². The Morgan fingerprint density at radius 3 is 2.38 bits per heavy atom. The van der Waals surface area contributed by atoms with Crippen molar-refractivity contribution in [2.45, 2.75) is 37.6 Å². The van der Waals surface area contributed by atoms with Gasteiger partial charge in [-0.3, -0.25) is 9.69 Å². The summed E-state index contributed by atoms with van der Waals surface area (Å²) < 4.78 is 32.8. The van der Waals surface area contributed by atoms with E-state index in [1.54, 1.807) is 30.3 Å². The van der Waals surface area contributed by atoms with Crippen LogP contribution in [0.25, 0.3) is 0 Å². The minimum Gasteiger partial charge on any atom is -0.495 e. The maximum atomic E-state index is 13.0. The highest BCUT2D eigenvalue weighted by atomic mass is 35.5. The second-order valence-corrected chi connectivity index (χ2v) is 10.2. The molecule has 1 saturated heterocycles. The van der Waals surface area contributed by atoms with Crippen molar-refractivity contribution in [1.82, 2.24) is 9.21 Å². The Morgan fingerprint density at radius 2 is 1.78 bits per heavy atom. The lowest BCUT2D eigenvalue weighted by Gasteiger charge is -2.36. The number of halogens is 1. The van der Waals surface area contributed by atoms with Crippen molar-refractivity contribution in [3.05, 3.63) is 53.1 Å². The quantitative estimate of drug-likeness (QED) is 0.625. The fourth-order valence-corrected chi connectivity index (χ4v) is 5.37. The molecule has 0 spiro atoms. The van der Waals surface area contributed by atoms with Gasteiger partial charge in [-0.1, -0.05) is 37.1 Å². The number of carbonyl (C=O) groups excluding carboxylic acids is 1. The first kappa shape index (κ1) is 24.5. The molecule has 32 heavy (non-hydrogen) atoms. The third-order valence-electron chi connectivity index (χ3n) is 5.72. The Hall–Kier alpha value is -2.13. The number of benzene rings is 2. The molecule has 1 atom stereocenters. The molecule has 0 aliphatic carbocycles. The Kier molecular flexibility index (Phi) is 8.16. The van der Waals surface area contributed by atoms with Crippen LogP contribution in [0.1, 0.15) is 25.8 Å². The first-order valence-corrected chi connectivity index (χ1v) is 12.6. The number of sulfonamides is 1. The van der Waals surface area contributed by atoms with Crippen LogP contribution < -0.4 is 10.1 Å². The standard InChI is InChI=1S/C23H30ClN3O4S/c1-4-5-18-6-9-20(10-7-18)32(29,30)27-14-12-26(13-15-27)17(2)23(28)25-21-16-19(24)8-11-22(21)31-3/h6-11,16-17H,4-5,12-15H2,1-3H3,(H,25,28). The smallest absolute Gasteiger partial charge is 0.243 e. The van der Waals surface area contributed by atoms with Gasteiger partial charge in [0.2, 0.25) is 15.9 Å². The van der Waals surface area contributed by atoms with Gasteiger partial charge >= 0.3 is 0 Å². The first-order valence-electron chi connectivity index (χ1n) is 10.7. The molecule has 0 bridgehead atoms. The molecule has 2 aromatic rings. The fourth-order valence-electron chi connectivity index (χ4n) is 3.78. The summed E-state index contributed by atoms with van der Waals surface area (Å²) in [6.07, 6.45) is 1.95. The van der Waals surface area contributed by atoms with Crippen molar-refractivity contribution < 1.29 is 17.9 Å². The third-order valence-corrected chi connectivity index (χ3v) is 7.87. The SMILES string of the molecule is CCCc1ccc(S(=O)(=O)N2CCN(C(C)C(=O)Nc3cc(Cl)ccc3OC)CC2)cc1. The number of anilines is 1. The first-order chi connectivity index (χ1) is 15.3. The lowest BCUT2D eigenvalue weighted by atomic mass is 10.1. The van der Waals surface area contributed by atoms with Crippen LogP contribution in [0.5, 0.6) is 5.75 Å². The molecule has 9 heteroatoms. The second kappa shape index (κ2) is 10.7. The van der Waals surface area contributed by atoms with Crippen molar-refractivity contribution in [3.8, 4) is 5.75 Å². The van der Waals surface area contributed by atoms with E-state index in [-0.39, 0.29) is 5.91 Å². The highest BCUT2D eigenvalue weighted by Gasteiger charge is 2.32. The minimum atomic E-state index is -3.55. The van der Waals surface area contributed by atoms with E-state index in [1.165, 1.54) is 11.4 Å². The maximum absolute atomic E-state index is 13.0. The molecule has 7 nitrogen and oxygen atoms in total. The molecule has 1 unspecified atom stereocenters. The monoisotopic (exact) mass is 479 g/mol. The summed E-state index contributed by atoms with van der Waals surface area (Å²) in [4.78, 5) is 15.1. The van der Waals surface area contributed by atoms with E-state index in [0.29, 0.717) is 47.5 Å². The Balaban J connectivity index is 1.61. The zero-order valence-electron chi connectivity index (χ0n) is 18.7. The normalized spacial score (nSPS) is 16.5. The lowest BCUT2D eigenvalue weighted by molar-refractivity contribution is -0.121. The summed E-state index contributed by atoms with van der Waals surface area (Å²) in [6.45, 7) is 5.50. The second-order valence-electron chi connectivity index (χ2n) is 7.84. The van der Waals surface area contributed by atoms with Gasteiger partial charge in [-0.05, 0) is 49.2 Å². The summed E-state index contributed by atoms with van der Waals surface area (Å²) in [7, 11) is -2.02. The number of hydrogen-bond acceptors (Lipinski definition) is 5. The van der Waals surface area contributed by atoms with Crippen LogP contribution in [0.3, 0.4) is 0 Å². The van der Waals surface area contributed by atoms with Gasteiger partial charge in [0.25, 0.3) is 0 Å². The molecular formula is C23H30ClN3O4S. The predicted octanol–water partition coefficient (Wildman–Crippen LogP) is 3.63. The highest BCUT2D eigenvalue weighted by Crippen LogP contribution is 2.28. The molecule has 1 amide bonds. The molecule has 1 aliphatic rings. The number of carbonyl (C=O) groups is 1. The molecule has 1 heterocycles. The maximum Gasteiger partial charge on any atom is 0.243 e. The summed E-state index contributed by atoms with van der Waals surface area (Å²) in [6, 6.07) is 11.7. The van der Waals surface area contributed by atoms with E-state index in [9.17, 15) is 13.2 Å². The molecule has 0 aromatic heterocycles. The van der Waals surface area contributed by atoms with E-state index in [1.807, 2.05) is 24.0 Å². The number of aryl methyl sites for hydroxylation is 1. The van der Waals surface area contributed by atoms with Gasteiger partial charge in [-0.15, -0.1) is 0 Å². The molecule has 0 radical (unpaired) electrons. The van der Waals surface area contributed by atoms with Crippen LogP contribution in [0.15, 0.2) is 47.4 Å². The van der Waals surface area contributed by atoms with Crippen molar-refractivity contribution in [2.24, 2.45) is 0 Å². The van der Waals surface area contributed by atoms with Crippen LogP contribution in [-0.4, -0.2) is 62.9 Å². The number of methoxy groups -OCH3 is 1. The van der Waals surface area contributed by atoms with Gasteiger partial charge in [0, 0.05) is 31.2 Å². The van der Waals surface area contributed by atoms with Gasteiger partial charge in [0.05, 0.1) is 23.7 Å². The highest BCUT2D eigenvalue weighted by molar-refractivity contribution is 7.89. The number of ether oxygens (including phenoxy) is 1. The van der Waals surface area contributed by atoms with Crippen LogP contribution in [-0.2, 0) is 21.2 Å². The van der Waals surface area contributed by atoms with Gasteiger partial charge in [0.1, 0.15) is 5.75 Å². The average molecular weight is 480 g/mol. The molecular weight excluding hydrogens is 450 g/mol. The fraction of sp³-hybridized carbons (Fsp3) is 0.435. The molecule has 2 aromatic carbocycles. The zero-order chi connectivity index (χ0) is 23.3. The van der Waals surface area contributed by atoms with Crippen molar-refractivity contribution in [2.75, 3.05) is 38.6 Å². The number of rotatable bonds is 8. The van der Waals surface area contributed by atoms with E-state index >= 15 is 0 Å². The van der Waals surface area contributed by atoms with Crippen LogP contribution in [0.2, 0.25) is 5.02 Å². The molecule has 3 rings (SSSR count). The van der Waals surface area contributed by atoms with Crippen molar-refractivity contribution >= 4 is 33.2 Å². The summed E-state index contributed by atoms with van der Waals surface area (Å²) in [5.74, 6) is 0.323. The van der Waals surface area contributed by atoms with Gasteiger partial charge < -0.3 is 10.1 Å². The van der Waals surface area contributed by atoms with Crippen molar-refractivity contribution in [1.29, 1.82) is 0 Å². The number of nitrogens with one attached hydrogen (secondary N) is 1. The van der Waals surface area contributed by atoms with E-state index in [2.05, 4.69) is 12.2 Å². The number of amides is 1. The summed E-state index contributed by atoms with van der Waals surface area (Å²) in [5.41, 5.74) is 1.64. The van der Waals surface area contributed by atoms with Crippen LogP contribution in [0.4, 0.5) is 5.69 Å². The topological polar surface area (TPSA) is 79.0 Å². The van der Waals surface area contributed by atoms with Crippen molar-refractivity contribution in [3.63, 3.8) is 0 Å². The zero-order valence-corrected chi connectivity index (χ0v) is 20.2. The number of nitrogens with zero attached hydrogens (tertiary/aromatic N) is 2. The summed E-state index contributed by atoms with van der Waals surface area (Å²) in [5, 5.41) is 3.36. The summed E-state index contributed by atoms with van der Waals surface area (Å²) >= 11 is 6.04. The van der Waals surface area contributed by atoms with Gasteiger partial charge in [-0.2, -0.15) is 4.31 Å². The minimum absolute atomic E-state index is 0.201. The molecule has 0 saturated carbocycles. The largest absolute Gasteiger partial charge is 0.495 e. The number of piperazine rings is 1. The van der Waals surface area contributed by atoms with E-state index in [0.717, 1.165) is 18.4 Å². The van der Waals surface area contributed by atoms with Gasteiger partial charge in [0.15, 0.2) is 0 Å². The predicted molar refractivity (Wildman–Crippen MR) is 127 cm³/mol. The molecule has 1 fully saturated rings. The van der Waals surface area contributed by atoms with Crippen LogP contribution >= 0.6 is 11.6 Å². The molecule has 1 N–H and O–H groups in total. The molecule has 174 valence electrons. The average Bonchev–Trinajstić information content (AvgIpc) is 2.79. The Bertz CT molecular complexity index is 1040. The number of hydrogen-bond donors (Lipinski definition) is 1. The van der Waals surface area contributed by atoms with E-state index < -0.39 is 16.1 Å². The van der Waals surface area contributed by atoms with Gasteiger partial charge in [-0.25, -0.2) is 8.42 Å². The Morgan fingerprint density at radius 1 is 1.12 bits per heavy atom. The lowest BCUT2D eigenvalue weighted by Crippen LogP contribution is -2.53. The third kappa shape index (κ3) is 5.61. The molecule has 1 aliphatic heterocycles. The van der Waals surface area contributed by atoms with Crippen LogP contribution in [0, 0.1) is 0 Å².